The van der Waals surface area contributed by atoms with Gasteiger partial charge in [0.05, 0.1) is 14.2 Å². The highest BCUT2D eigenvalue weighted by Crippen LogP contribution is 2.35. The van der Waals surface area contributed by atoms with Crippen molar-refractivity contribution >= 4 is 11.6 Å². The second-order valence-electron chi connectivity index (χ2n) is 5.17. The summed E-state index contributed by atoms with van der Waals surface area (Å²) in [5, 5.41) is 13.2. The van der Waals surface area contributed by atoms with Crippen LogP contribution in [-0.4, -0.2) is 29.3 Å². The number of hydrogen-bond acceptors (Lipinski definition) is 6. The first-order chi connectivity index (χ1) is 12.1. The Hall–Kier alpha value is -3.48. The van der Waals surface area contributed by atoms with E-state index in [4.69, 9.17) is 9.47 Å². The number of benzene rings is 2. The van der Waals surface area contributed by atoms with Gasteiger partial charge in [-0.05, 0) is 24.3 Å². The molecule has 0 atom stereocenters. The van der Waals surface area contributed by atoms with E-state index in [1.807, 2.05) is 30.3 Å². The molecule has 0 spiro atoms. The van der Waals surface area contributed by atoms with Gasteiger partial charge in [-0.3, -0.25) is 9.78 Å². The van der Waals surface area contributed by atoms with Crippen LogP contribution in [0.5, 0.6) is 17.4 Å². The number of hydrogen-bond donors (Lipinski definition) is 3. The Bertz CT molecular complexity index is 939. The molecule has 3 rings (SSSR count). The number of aromatic amines is 1. The average molecular weight is 339 g/mol. The van der Waals surface area contributed by atoms with Gasteiger partial charge in [-0.1, -0.05) is 18.2 Å². The van der Waals surface area contributed by atoms with Gasteiger partial charge in [-0.15, -0.1) is 0 Å². The molecule has 25 heavy (non-hydrogen) atoms. The summed E-state index contributed by atoms with van der Waals surface area (Å²) in [5.74, 6) is 0.716. The fourth-order valence-electron chi connectivity index (χ4n) is 2.43. The fourth-order valence-corrected chi connectivity index (χ4v) is 2.43. The minimum Gasteiger partial charge on any atom is -0.497 e. The zero-order valence-corrected chi connectivity index (χ0v) is 13.7. The molecule has 0 aliphatic rings. The van der Waals surface area contributed by atoms with Crippen LogP contribution in [0.3, 0.4) is 0 Å². The Balaban J connectivity index is 2.03. The summed E-state index contributed by atoms with van der Waals surface area (Å²) in [4.78, 5) is 19.1. The quantitative estimate of drug-likeness (QED) is 0.661. The van der Waals surface area contributed by atoms with Gasteiger partial charge in [0.15, 0.2) is 0 Å². The second-order valence-corrected chi connectivity index (χ2v) is 5.17. The molecule has 7 heteroatoms. The van der Waals surface area contributed by atoms with E-state index in [2.05, 4.69) is 15.3 Å². The van der Waals surface area contributed by atoms with Gasteiger partial charge >= 0.3 is 0 Å². The van der Waals surface area contributed by atoms with E-state index in [0.717, 1.165) is 5.69 Å². The number of ether oxygens (including phenoxy) is 2. The third-order valence-corrected chi connectivity index (χ3v) is 3.61. The molecule has 0 unspecified atom stereocenters. The number of aromatic hydroxyl groups is 1. The van der Waals surface area contributed by atoms with E-state index in [1.54, 1.807) is 18.2 Å². The van der Waals surface area contributed by atoms with Crippen LogP contribution in [0.2, 0.25) is 0 Å². The summed E-state index contributed by atoms with van der Waals surface area (Å²) in [6.45, 7) is 0. The lowest BCUT2D eigenvalue weighted by Crippen LogP contribution is -2.13. The van der Waals surface area contributed by atoms with E-state index in [0.29, 0.717) is 17.1 Å². The highest BCUT2D eigenvalue weighted by molar-refractivity contribution is 5.75. The molecule has 0 saturated carbocycles. The topological polar surface area (TPSA) is 96.5 Å². The Kier molecular flexibility index (Phi) is 4.56. The van der Waals surface area contributed by atoms with E-state index in [1.165, 1.54) is 14.2 Å². The third-order valence-electron chi connectivity index (χ3n) is 3.61. The largest absolute Gasteiger partial charge is 0.497 e. The Morgan fingerprint density at radius 3 is 2.48 bits per heavy atom. The van der Waals surface area contributed by atoms with Crippen LogP contribution in [-0.2, 0) is 0 Å². The molecular formula is C18H17N3O4. The monoisotopic (exact) mass is 339 g/mol. The molecule has 128 valence electrons. The Morgan fingerprint density at radius 1 is 1.08 bits per heavy atom. The maximum absolute atomic E-state index is 12.5. The van der Waals surface area contributed by atoms with Crippen molar-refractivity contribution in [2.24, 2.45) is 0 Å². The van der Waals surface area contributed by atoms with Crippen molar-refractivity contribution in [1.82, 2.24) is 9.97 Å². The van der Waals surface area contributed by atoms with Crippen LogP contribution >= 0.6 is 0 Å². The molecule has 0 amide bonds. The minimum absolute atomic E-state index is 0.0260. The molecule has 1 heterocycles. The second kappa shape index (κ2) is 6.96. The Morgan fingerprint density at radius 2 is 1.84 bits per heavy atom. The van der Waals surface area contributed by atoms with Crippen molar-refractivity contribution in [2.75, 3.05) is 19.5 Å². The van der Waals surface area contributed by atoms with Gasteiger partial charge in [-0.2, -0.15) is 4.98 Å². The van der Waals surface area contributed by atoms with Crippen LogP contribution in [0.1, 0.15) is 0 Å². The van der Waals surface area contributed by atoms with Crippen LogP contribution in [0, 0.1) is 0 Å². The molecule has 1 aromatic heterocycles. The van der Waals surface area contributed by atoms with Crippen LogP contribution in [0.15, 0.2) is 53.3 Å². The number of methoxy groups -OCH3 is 2. The number of nitrogens with one attached hydrogen (secondary N) is 2. The number of aromatic nitrogens is 2. The maximum atomic E-state index is 12.5. The first-order valence-electron chi connectivity index (χ1n) is 7.50. The molecule has 0 fully saturated rings. The molecule has 3 N–H and O–H groups in total. The lowest BCUT2D eigenvalue weighted by molar-refractivity contribution is 0.395. The first kappa shape index (κ1) is 16.4. The highest BCUT2D eigenvalue weighted by Gasteiger charge is 2.17. The molecule has 0 aliphatic heterocycles. The van der Waals surface area contributed by atoms with Crippen molar-refractivity contribution in [3.63, 3.8) is 0 Å². The number of H-pyrrole nitrogens is 1. The molecule has 0 saturated heterocycles. The van der Waals surface area contributed by atoms with Crippen molar-refractivity contribution in [2.45, 2.75) is 0 Å². The van der Waals surface area contributed by atoms with E-state index in [-0.39, 0.29) is 11.5 Å². The number of anilines is 2. The zero-order chi connectivity index (χ0) is 17.8. The van der Waals surface area contributed by atoms with E-state index < -0.39 is 11.4 Å². The van der Waals surface area contributed by atoms with E-state index >= 15 is 0 Å². The van der Waals surface area contributed by atoms with Gasteiger partial charge in [0.1, 0.15) is 17.1 Å². The normalized spacial score (nSPS) is 10.3. The highest BCUT2D eigenvalue weighted by atomic mass is 16.5. The predicted octanol–water partition coefficient (Wildman–Crippen LogP) is 2.90. The fraction of sp³-hybridized carbons (Fsp3) is 0.111. The van der Waals surface area contributed by atoms with Gasteiger partial charge in [0.2, 0.25) is 11.8 Å². The number of nitrogens with zero attached hydrogens (tertiary/aromatic N) is 1. The predicted molar refractivity (Wildman–Crippen MR) is 94.8 cm³/mol. The minimum atomic E-state index is -0.491. The zero-order valence-electron chi connectivity index (χ0n) is 13.7. The molecule has 0 radical (unpaired) electrons. The van der Waals surface area contributed by atoms with Crippen molar-refractivity contribution in [1.29, 1.82) is 0 Å². The smallest absolute Gasteiger partial charge is 0.264 e. The molecule has 2 aromatic carbocycles. The molecular weight excluding hydrogens is 322 g/mol. The standard InChI is InChI=1S/C18H17N3O4/c1-24-12-8-9-13(14(10-12)25-2)15-16(22)20-18(21-17(15)23)19-11-6-4-3-5-7-11/h3-10H,1-2H3,(H3,19,20,21,22,23). The summed E-state index contributed by atoms with van der Waals surface area (Å²) in [7, 11) is 3.01. The van der Waals surface area contributed by atoms with Gasteiger partial charge in [0.25, 0.3) is 5.56 Å². The van der Waals surface area contributed by atoms with Crippen LogP contribution in [0.25, 0.3) is 11.1 Å². The maximum Gasteiger partial charge on any atom is 0.264 e. The van der Waals surface area contributed by atoms with Crippen LogP contribution in [0.4, 0.5) is 11.6 Å². The first-order valence-corrected chi connectivity index (χ1v) is 7.50. The third kappa shape index (κ3) is 3.40. The number of rotatable bonds is 5. The van der Waals surface area contributed by atoms with Gasteiger partial charge in [-0.25, -0.2) is 0 Å². The lowest BCUT2D eigenvalue weighted by atomic mass is 10.1. The molecule has 0 aliphatic carbocycles. The molecule has 3 aromatic rings. The van der Waals surface area contributed by atoms with E-state index in [9.17, 15) is 9.90 Å². The summed E-state index contributed by atoms with van der Waals surface area (Å²) >= 11 is 0. The van der Waals surface area contributed by atoms with Gasteiger partial charge < -0.3 is 19.9 Å². The van der Waals surface area contributed by atoms with Crippen molar-refractivity contribution in [3.8, 4) is 28.5 Å². The summed E-state index contributed by atoms with van der Waals surface area (Å²) in [6, 6.07) is 14.1. The summed E-state index contributed by atoms with van der Waals surface area (Å²) < 4.78 is 10.4. The summed E-state index contributed by atoms with van der Waals surface area (Å²) in [6.07, 6.45) is 0. The SMILES string of the molecule is COc1ccc(-c2c(O)nc(Nc3ccccc3)[nH]c2=O)c(OC)c1. The van der Waals surface area contributed by atoms with Crippen LogP contribution < -0.4 is 20.3 Å². The van der Waals surface area contributed by atoms with Crippen molar-refractivity contribution < 1.29 is 14.6 Å². The summed E-state index contributed by atoms with van der Waals surface area (Å²) in [5.41, 5.74) is 0.688. The Labute approximate surface area is 143 Å². The lowest BCUT2D eigenvalue weighted by Gasteiger charge is -2.12. The average Bonchev–Trinajstić information content (AvgIpc) is 2.62. The molecule has 0 bridgehead atoms. The number of para-hydroxylation sites is 1. The molecule has 7 nitrogen and oxygen atoms in total. The van der Waals surface area contributed by atoms with Crippen molar-refractivity contribution in [3.05, 3.63) is 58.9 Å². The van der Waals surface area contributed by atoms with Gasteiger partial charge in [0, 0.05) is 17.3 Å².